The number of aliphatic hydroxyl groups is 1. The number of carboxylic acid groups (broad SMARTS) is 1. The first-order valence-electron chi connectivity index (χ1n) is 7.02. The van der Waals surface area contributed by atoms with Crippen LogP contribution in [0.2, 0.25) is 5.02 Å². The lowest BCUT2D eigenvalue weighted by Gasteiger charge is -2.35. The van der Waals surface area contributed by atoms with Gasteiger partial charge in [-0.25, -0.2) is 4.79 Å². The summed E-state index contributed by atoms with van der Waals surface area (Å²) in [5.74, 6) is 0. The Bertz CT molecular complexity index is 460. The van der Waals surface area contributed by atoms with Crippen molar-refractivity contribution in [2.45, 2.75) is 50.8 Å². The van der Waals surface area contributed by atoms with Crippen molar-refractivity contribution in [1.29, 1.82) is 0 Å². The Kier molecular flexibility index (Phi) is 5.26. The highest BCUT2D eigenvalue weighted by molar-refractivity contribution is 6.31. The Hall–Kier alpha value is -1.26. The number of halogens is 1. The van der Waals surface area contributed by atoms with Gasteiger partial charge >= 0.3 is 6.09 Å². The maximum absolute atomic E-state index is 11.4. The van der Waals surface area contributed by atoms with Gasteiger partial charge in [-0.2, -0.15) is 0 Å². The molecule has 0 spiro atoms. The van der Waals surface area contributed by atoms with E-state index < -0.39 is 12.3 Å². The highest BCUT2D eigenvalue weighted by Gasteiger charge is 2.30. The average Bonchev–Trinajstić information content (AvgIpc) is 2.42. The van der Waals surface area contributed by atoms with E-state index in [0.717, 1.165) is 37.7 Å². The van der Waals surface area contributed by atoms with Crippen LogP contribution < -0.4 is 0 Å². The monoisotopic (exact) mass is 297 g/mol. The van der Waals surface area contributed by atoms with Gasteiger partial charge in [0.2, 0.25) is 0 Å². The second-order valence-corrected chi connectivity index (χ2v) is 5.67. The summed E-state index contributed by atoms with van der Waals surface area (Å²) in [4.78, 5) is 12.6. The van der Waals surface area contributed by atoms with Crippen LogP contribution in [0.25, 0.3) is 0 Å². The largest absolute Gasteiger partial charge is 0.465 e. The van der Waals surface area contributed by atoms with Gasteiger partial charge in [0.1, 0.15) is 6.23 Å². The summed E-state index contributed by atoms with van der Waals surface area (Å²) >= 11 is 6.06. The van der Waals surface area contributed by atoms with Crippen LogP contribution >= 0.6 is 11.6 Å². The van der Waals surface area contributed by atoms with E-state index in [9.17, 15) is 15.0 Å². The van der Waals surface area contributed by atoms with Crippen molar-refractivity contribution >= 4 is 17.7 Å². The van der Waals surface area contributed by atoms with E-state index in [-0.39, 0.29) is 12.5 Å². The Morgan fingerprint density at radius 1 is 1.30 bits per heavy atom. The molecule has 2 rings (SSSR count). The molecule has 1 aromatic carbocycles. The molecule has 1 fully saturated rings. The molecule has 0 radical (unpaired) electrons. The van der Waals surface area contributed by atoms with Gasteiger partial charge in [-0.15, -0.1) is 0 Å². The van der Waals surface area contributed by atoms with Crippen molar-refractivity contribution in [3.05, 3.63) is 34.9 Å². The second kappa shape index (κ2) is 6.95. The Labute approximate surface area is 124 Å². The third-order valence-corrected chi connectivity index (χ3v) is 4.24. The third kappa shape index (κ3) is 3.64. The Morgan fingerprint density at radius 3 is 2.55 bits per heavy atom. The standard InChI is InChI=1S/C15H20ClNO3/c16-13-9-5-4-6-11(13)10-14(18)17(15(19)20)12-7-2-1-3-8-12/h4-6,9,12,14,18H,1-3,7-8,10H2,(H,19,20)/t14-/m1/s1. The van der Waals surface area contributed by atoms with Gasteiger partial charge in [-0.1, -0.05) is 49.1 Å². The fourth-order valence-corrected chi connectivity index (χ4v) is 3.06. The van der Waals surface area contributed by atoms with Crippen LogP contribution in [0.4, 0.5) is 4.79 Å². The summed E-state index contributed by atoms with van der Waals surface area (Å²) in [5, 5.41) is 20.2. The van der Waals surface area contributed by atoms with Gasteiger partial charge in [0.05, 0.1) is 0 Å². The van der Waals surface area contributed by atoms with Crippen LogP contribution in [0, 0.1) is 0 Å². The molecular weight excluding hydrogens is 278 g/mol. The summed E-state index contributed by atoms with van der Waals surface area (Å²) in [6.45, 7) is 0. The fourth-order valence-electron chi connectivity index (χ4n) is 2.85. The van der Waals surface area contributed by atoms with Crippen molar-refractivity contribution in [3.63, 3.8) is 0 Å². The fraction of sp³-hybridized carbons (Fsp3) is 0.533. The molecule has 2 N–H and O–H groups in total. The number of nitrogens with zero attached hydrogens (tertiary/aromatic N) is 1. The predicted molar refractivity (Wildman–Crippen MR) is 77.9 cm³/mol. The Morgan fingerprint density at radius 2 is 1.95 bits per heavy atom. The minimum atomic E-state index is -1.06. The van der Waals surface area contributed by atoms with E-state index in [1.54, 1.807) is 6.07 Å². The second-order valence-electron chi connectivity index (χ2n) is 5.26. The molecule has 0 heterocycles. The lowest BCUT2D eigenvalue weighted by atomic mass is 9.94. The summed E-state index contributed by atoms with van der Waals surface area (Å²) < 4.78 is 0. The van der Waals surface area contributed by atoms with E-state index in [1.807, 2.05) is 18.2 Å². The van der Waals surface area contributed by atoms with Gasteiger partial charge in [0, 0.05) is 17.5 Å². The highest BCUT2D eigenvalue weighted by atomic mass is 35.5. The first-order chi connectivity index (χ1) is 9.59. The normalized spacial score (nSPS) is 17.7. The van der Waals surface area contributed by atoms with E-state index in [1.165, 1.54) is 4.90 Å². The first kappa shape index (κ1) is 15.1. The Balaban J connectivity index is 2.09. The quantitative estimate of drug-likeness (QED) is 0.836. The van der Waals surface area contributed by atoms with E-state index >= 15 is 0 Å². The number of amides is 1. The van der Waals surface area contributed by atoms with Gasteiger partial charge in [0.25, 0.3) is 0 Å². The summed E-state index contributed by atoms with van der Waals surface area (Å²) in [5.41, 5.74) is 0.767. The van der Waals surface area contributed by atoms with E-state index in [2.05, 4.69) is 0 Å². The summed E-state index contributed by atoms with van der Waals surface area (Å²) in [6.07, 6.45) is 2.96. The molecule has 5 heteroatoms. The molecular formula is C15H20ClNO3. The summed E-state index contributed by atoms with van der Waals surface area (Å²) in [6, 6.07) is 7.12. The lowest BCUT2D eigenvalue weighted by molar-refractivity contribution is -0.0194. The van der Waals surface area contributed by atoms with Crippen molar-refractivity contribution in [1.82, 2.24) is 4.90 Å². The molecule has 1 atom stereocenters. The molecule has 0 saturated heterocycles. The number of aliphatic hydroxyl groups excluding tert-OH is 1. The van der Waals surface area contributed by atoms with Crippen molar-refractivity contribution in [2.75, 3.05) is 0 Å². The van der Waals surface area contributed by atoms with Gasteiger partial charge in [-0.3, -0.25) is 4.90 Å². The molecule has 1 saturated carbocycles. The zero-order valence-corrected chi connectivity index (χ0v) is 12.1. The maximum Gasteiger partial charge on any atom is 0.409 e. The van der Waals surface area contributed by atoms with Crippen LogP contribution in [0.1, 0.15) is 37.7 Å². The predicted octanol–water partition coefficient (Wildman–Crippen LogP) is 3.51. The molecule has 20 heavy (non-hydrogen) atoms. The third-order valence-electron chi connectivity index (χ3n) is 3.87. The number of hydrogen-bond acceptors (Lipinski definition) is 2. The molecule has 0 aromatic heterocycles. The first-order valence-corrected chi connectivity index (χ1v) is 7.40. The van der Waals surface area contributed by atoms with Crippen LogP contribution in [0.3, 0.4) is 0 Å². The van der Waals surface area contributed by atoms with Crippen LogP contribution in [0.5, 0.6) is 0 Å². The average molecular weight is 298 g/mol. The highest BCUT2D eigenvalue weighted by Crippen LogP contribution is 2.26. The van der Waals surface area contributed by atoms with Gasteiger partial charge in [0.15, 0.2) is 0 Å². The maximum atomic E-state index is 11.4. The number of carbonyl (C=O) groups is 1. The summed E-state index contributed by atoms with van der Waals surface area (Å²) in [7, 11) is 0. The van der Waals surface area contributed by atoms with Crippen LogP contribution in [-0.4, -0.2) is 33.5 Å². The zero-order chi connectivity index (χ0) is 14.5. The zero-order valence-electron chi connectivity index (χ0n) is 11.3. The number of hydrogen-bond donors (Lipinski definition) is 2. The molecule has 1 aliphatic rings. The van der Waals surface area contributed by atoms with E-state index in [4.69, 9.17) is 11.6 Å². The lowest BCUT2D eigenvalue weighted by Crippen LogP contribution is -2.48. The molecule has 0 aliphatic heterocycles. The van der Waals surface area contributed by atoms with E-state index in [0.29, 0.717) is 5.02 Å². The van der Waals surface area contributed by atoms with Crippen molar-refractivity contribution in [2.24, 2.45) is 0 Å². The van der Waals surface area contributed by atoms with Gasteiger partial charge in [-0.05, 0) is 24.5 Å². The molecule has 1 amide bonds. The minimum Gasteiger partial charge on any atom is -0.465 e. The van der Waals surface area contributed by atoms with Crippen molar-refractivity contribution < 1.29 is 15.0 Å². The molecule has 110 valence electrons. The van der Waals surface area contributed by atoms with Crippen molar-refractivity contribution in [3.8, 4) is 0 Å². The van der Waals surface area contributed by atoms with Crippen LogP contribution in [-0.2, 0) is 6.42 Å². The smallest absolute Gasteiger partial charge is 0.409 e. The molecule has 1 aromatic rings. The topological polar surface area (TPSA) is 60.8 Å². The molecule has 4 nitrogen and oxygen atoms in total. The van der Waals surface area contributed by atoms with Gasteiger partial charge < -0.3 is 10.2 Å². The molecule has 0 unspecified atom stereocenters. The SMILES string of the molecule is O=C(O)N(C1CCCCC1)[C@H](O)Cc1ccccc1Cl. The number of rotatable bonds is 4. The number of benzene rings is 1. The molecule has 1 aliphatic carbocycles. The minimum absolute atomic E-state index is 0.0845. The van der Waals surface area contributed by atoms with Crippen LogP contribution in [0.15, 0.2) is 24.3 Å². The molecule has 0 bridgehead atoms.